The van der Waals surface area contributed by atoms with Gasteiger partial charge in [-0.3, -0.25) is 4.79 Å². The van der Waals surface area contributed by atoms with Crippen molar-refractivity contribution in [2.75, 3.05) is 11.9 Å². The standard InChI is InChI=1S/C13H15NO5S/c1-6-7(2)20-11(14-8(3)15)10(6)13(17)19-9-4-5-18-12(9)16/h9H,4-5H2,1-3H3,(H,14,15)/t9-/m1/s1. The molecule has 1 amide bonds. The van der Waals surface area contributed by atoms with Gasteiger partial charge in [0.05, 0.1) is 12.2 Å². The summed E-state index contributed by atoms with van der Waals surface area (Å²) < 4.78 is 9.92. The van der Waals surface area contributed by atoms with Crippen molar-refractivity contribution in [2.45, 2.75) is 33.3 Å². The first kappa shape index (κ1) is 14.5. The van der Waals surface area contributed by atoms with Crippen molar-refractivity contribution in [1.29, 1.82) is 0 Å². The number of cyclic esters (lactones) is 1. The molecule has 1 N–H and O–H groups in total. The highest BCUT2D eigenvalue weighted by molar-refractivity contribution is 7.16. The molecule has 6 nitrogen and oxygen atoms in total. The molecular formula is C13H15NO5S. The largest absolute Gasteiger partial charge is 0.463 e. The predicted octanol–water partition coefficient (Wildman–Crippen LogP) is 1.80. The summed E-state index contributed by atoms with van der Waals surface area (Å²) in [6, 6.07) is 0. The third kappa shape index (κ3) is 2.82. The maximum absolute atomic E-state index is 12.2. The average Bonchev–Trinajstić information content (AvgIpc) is 2.84. The Morgan fingerprint density at radius 1 is 1.40 bits per heavy atom. The van der Waals surface area contributed by atoms with Gasteiger partial charge in [-0.25, -0.2) is 9.59 Å². The van der Waals surface area contributed by atoms with Crippen molar-refractivity contribution >= 4 is 34.2 Å². The van der Waals surface area contributed by atoms with Crippen LogP contribution in [0.3, 0.4) is 0 Å². The molecule has 1 aromatic heterocycles. The Hall–Kier alpha value is -1.89. The van der Waals surface area contributed by atoms with E-state index in [1.165, 1.54) is 18.3 Å². The number of nitrogens with one attached hydrogen (secondary N) is 1. The molecule has 1 aromatic rings. The molecule has 0 unspecified atom stereocenters. The van der Waals surface area contributed by atoms with Crippen molar-refractivity contribution < 1.29 is 23.9 Å². The second kappa shape index (κ2) is 5.62. The number of anilines is 1. The van der Waals surface area contributed by atoms with Gasteiger partial charge in [-0.15, -0.1) is 11.3 Å². The lowest BCUT2D eigenvalue weighted by Gasteiger charge is -2.10. The lowest BCUT2D eigenvalue weighted by Crippen LogP contribution is -2.23. The first-order chi connectivity index (χ1) is 9.40. The van der Waals surface area contributed by atoms with E-state index in [-0.39, 0.29) is 12.5 Å². The third-order valence-corrected chi connectivity index (χ3v) is 4.14. The molecule has 0 saturated carbocycles. The molecule has 1 saturated heterocycles. The fourth-order valence-corrected chi connectivity index (χ4v) is 2.99. The first-order valence-corrected chi connectivity index (χ1v) is 6.97. The van der Waals surface area contributed by atoms with Crippen LogP contribution in [0.25, 0.3) is 0 Å². The number of carbonyl (C=O) groups is 3. The maximum atomic E-state index is 12.2. The summed E-state index contributed by atoms with van der Waals surface area (Å²) in [6.45, 7) is 5.26. The quantitative estimate of drug-likeness (QED) is 0.860. The van der Waals surface area contributed by atoms with E-state index < -0.39 is 18.0 Å². The number of aryl methyl sites for hydroxylation is 1. The van der Waals surface area contributed by atoms with E-state index in [2.05, 4.69) is 5.32 Å². The number of esters is 2. The van der Waals surface area contributed by atoms with Crippen LogP contribution in [-0.4, -0.2) is 30.6 Å². The molecule has 108 valence electrons. The number of carbonyl (C=O) groups excluding carboxylic acids is 3. The molecule has 0 spiro atoms. The molecule has 1 fully saturated rings. The van der Waals surface area contributed by atoms with Gasteiger partial charge in [0.2, 0.25) is 12.0 Å². The second-order valence-electron chi connectivity index (χ2n) is 4.52. The SMILES string of the molecule is CC(=O)Nc1sc(C)c(C)c1C(=O)O[C@@H]1CCOC1=O. The topological polar surface area (TPSA) is 81.7 Å². The summed E-state index contributed by atoms with van der Waals surface area (Å²) in [4.78, 5) is 35.6. The van der Waals surface area contributed by atoms with E-state index in [9.17, 15) is 14.4 Å². The monoisotopic (exact) mass is 297 g/mol. The summed E-state index contributed by atoms with van der Waals surface area (Å²) in [6.07, 6.45) is -0.491. The fourth-order valence-electron chi connectivity index (χ4n) is 1.89. The van der Waals surface area contributed by atoms with E-state index >= 15 is 0 Å². The fraction of sp³-hybridized carbons (Fsp3) is 0.462. The van der Waals surface area contributed by atoms with Crippen LogP contribution in [0, 0.1) is 13.8 Å². The minimum atomic E-state index is -0.854. The highest BCUT2D eigenvalue weighted by Crippen LogP contribution is 2.33. The summed E-state index contributed by atoms with van der Waals surface area (Å²) in [5.74, 6) is -1.40. The van der Waals surface area contributed by atoms with Gasteiger partial charge in [-0.05, 0) is 19.4 Å². The molecular weight excluding hydrogens is 282 g/mol. The lowest BCUT2D eigenvalue weighted by molar-refractivity contribution is -0.145. The highest BCUT2D eigenvalue weighted by atomic mass is 32.1. The Morgan fingerprint density at radius 2 is 2.10 bits per heavy atom. The van der Waals surface area contributed by atoms with Crippen LogP contribution >= 0.6 is 11.3 Å². The van der Waals surface area contributed by atoms with Crippen LogP contribution in [0.15, 0.2) is 0 Å². The number of hydrogen-bond acceptors (Lipinski definition) is 6. The van der Waals surface area contributed by atoms with E-state index in [1.807, 2.05) is 6.92 Å². The van der Waals surface area contributed by atoms with Gasteiger partial charge >= 0.3 is 11.9 Å². The zero-order chi connectivity index (χ0) is 14.9. The van der Waals surface area contributed by atoms with E-state index in [4.69, 9.17) is 9.47 Å². The molecule has 2 heterocycles. The molecule has 0 bridgehead atoms. The van der Waals surface area contributed by atoms with Crippen molar-refractivity contribution in [3.05, 3.63) is 16.0 Å². The molecule has 0 radical (unpaired) electrons. The van der Waals surface area contributed by atoms with Crippen molar-refractivity contribution in [3.63, 3.8) is 0 Å². The summed E-state index contributed by atoms with van der Waals surface area (Å²) >= 11 is 1.31. The Kier molecular flexibility index (Phi) is 4.08. The zero-order valence-corrected chi connectivity index (χ0v) is 12.3. The summed E-state index contributed by atoms with van der Waals surface area (Å²) in [7, 11) is 0. The smallest absolute Gasteiger partial charge is 0.347 e. The Balaban J connectivity index is 2.24. The lowest BCUT2D eigenvalue weighted by atomic mass is 10.1. The predicted molar refractivity (Wildman–Crippen MR) is 72.9 cm³/mol. The second-order valence-corrected chi connectivity index (χ2v) is 5.74. The molecule has 20 heavy (non-hydrogen) atoms. The minimum absolute atomic E-state index is 0.261. The van der Waals surface area contributed by atoms with Gasteiger partial charge < -0.3 is 14.8 Å². The van der Waals surface area contributed by atoms with Crippen LogP contribution in [-0.2, 0) is 19.1 Å². The normalized spacial score (nSPS) is 17.8. The van der Waals surface area contributed by atoms with Crippen LogP contribution in [0.5, 0.6) is 0 Å². The number of ether oxygens (including phenoxy) is 2. The molecule has 1 atom stereocenters. The number of amides is 1. The molecule has 1 aliphatic rings. The van der Waals surface area contributed by atoms with Gasteiger partial charge in [-0.1, -0.05) is 0 Å². The van der Waals surface area contributed by atoms with Gasteiger partial charge in [0.25, 0.3) is 0 Å². The Labute approximate surface area is 120 Å². The van der Waals surface area contributed by atoms with Crippen molar-refractivity contribution in [1.82, 2.24) is 0 Å². The van der Waals surface area contributed by atoms with Gasteiger partial charge in [0, 0.05) is 18.2 Å². The van der Waals surface area contributed by atoms with E-state index in [1.54, 1.807) is 6.92 Å². The number of thiophene rings is 1. The molecule has 0 aromatic carbocycles. The van der Waals surface area contributed by atoms with E-state index in [0.717, 1.165) is 10.4 Å². The summed E-state index contributed by atoms with van der Waals surface area (Å²) in [5.41, 5.74) is 1.05. The molecule has 7 heteroatoms. The van der Waals surface area contributed by atoms with Crippen LogP contribution in [0.4, 0.5) is 5.00 Å². The highest BCUT2D eigenvalue weighted by Gasteiger charge is 2.32. The zero-order valence-electron chi connectivity index (χ0n) is 11.4. The van der Waals surface area contributed by atoms with E-state index in [0.29, 0.717) is 17.0 Å². The molecule has 2 rings (SSSR count). The molecule has 0 aliphatic carbocycles. The molecule has 1 aliphatic heterocycles. The maximum Gasteiger partial charge on any atom is 0.347 e. The van der Waals surface area contributed by atoms with Crippen molar-refractivity contribution in [3.8, 4) is 0 Å². The van der Waals surface area contributed by atoms with Gasteiger partial charge in [0.1, 0.15) is 5.00 Å². The number of hydrogen-bond donors (Lipinski definition) is 1. The third-order valence-electron chi connectivity index (χ3n) is 3.02. The van der Waals surface area contributed by atoms with Crippen molar-refractivity contribution in [2.24, 2.45) is 0 Å². The van der Waals surface area contributed by atoms with Gasteiger partial charge in [-0.2, -0.15) is 0 Å². The average molecular weight is 297 g/mol. The Bertz CT molecular complexity index is 578. The summed E-state index contributed by atoms with van der Waals surface area (Å²) in [5, 5.41) is 3.06. The van der Waals surface area contributed by atoms with Gasteiger partial charge in [0.15, 0.2) is 0 Å². The van der Waals surface area contributed by atoms with Crippen LogP contribution in [0.2, 0.25) is 0 Å². The van der Waals surface area contributed by atoms with Crippen LogP contribution < -0.4 is 5.32 Å². The number of rotatable bonds is 3. The van der Waals surface area contributed by atoms with Crippen LogP contribution in [0.1, 0.15) is 34.1 Å². The minimum Gasteiger partial charge on any atom is -0.463 e. The first-order valence-electron chi connectivity index (χ1n) is 6.15. The Morgan fingerprint density at radius 3 is 2.65 bits per heavy atom.